The van der Waals surface area contributed by atoms with Crippen molar-refractivity contribution in [3.63, 3.8) is 0 Å². The normalized spacial score (nSPS) is 11.4. The van der Waals surface area contributed by atoms with Crippen molar-refractivity contribution in [2.75, 3.05) is 11.9 Å². The molecule has 2 rings (SSSR count). The number of alkyl halides is 3. The highest BCUT2D eigenvalue weighted by atomic mass is 35.5. The Morgan fingerprint density at radius 1 is 1.35 bits per heavy atom. The molecular weight excluding hydrogens is 293 g/mol. The summed E-state index contributed by atoms with van der Waals surface area (Å²) in [7, 11) is 0. The van der Waals surface area contributed by atoms with Crippen molar-refractivity contribution in [3.8, 4) is 11.3 Å². The average molecular weight is 303 g/mol. The smallest absolute Gasteiger partial charge is 0.382 e. The van der Waals surface area contributed by atoms with Gasteiger partial charge >= 0.3 is 6.18 Å². The summed E-state index contributed by atoms with van der Waals surface area (Å²) in [5.74, 6) is -0.0300. The molecule has 0 saturated heterocycles. The SMILES string of the molecule is C=CCNc1ccc(-c2cc(C(F)(F)F)no2)c(Cl)c1. The van der Waals surface area contributed by atoms with Gasteiger partial charge in [-0.1, -0.05) is 22.8 Å². The fourth-order valence-electron chi connectivity index (χ4n) is 1.55. The Morgan fingerprint density at radius 2 is 2.10 bits per heavy atom. The van der Waals surface area contributed by atoms with E-state index in [1.54, 1.807) is 24.3 Å². The second kappa shape index (κ2) is 5.58. The number of halogens is 4. The van der Waals surface area contributed by atoms with Crippen LogP contribution in [0.2, 0.25) is 5.02 Å². The minimum absolute atomic E-state index is 0.0300. The third kappa shape index (κ3) is 3.14. The summed E-state index contributed by atoms with van der Waals surface area (Å²) in [5.41, 5.74) is -0.00884. The van der Waals surface area contributed by atoms with Gasteiger partial charge in [0.05, 0.1) is 5.02 Å². The lowest BCUT2D eigenvalue weighted by molar-refractivity contribution is -0.142. The highest BCUT2D eigenvalue weighted by Gasteiger charge is 2.35. The second-order valence-electron chi connectivity index (χ2n) is 3.94. The molecule has 0 atom stereocenters. The van der Waals surface area contributed by atoms with Crippen LogP contribution >= 0.6 is 11.6 Å². The molecule has 0 amide bonds. The molecule has 3 nitrogen and oxygen atoms in total. The van der Waals surface area contributed by atoms with Gasteiger partial charge in [-0.25, -0.2) is 0 Å². The van der Waals surface area contributed by atoms with Gasteiger partial charge in [-0.05, 0) is 18.2 Å². The van der Waals surface area contributed by atoms with E-state index in [0.717, 1.165) is 11.8 Å². The minimum Gasteiger partial charge on any atom is -0.382 e. The summed E-state index contributed by atoms with van der Waals surface area (Å²) < 4.78 is 42.0. The molecule has 106 valence electrons. The standard InChI is InChI=1S/C13H10ClF3N2O/c1-2-5-18-8-3-4-9(10(14)6-8)11-7-12(19-20-11)13(15,16)17/h2-4,6-7,18H,1,5H2. The number of hydrogen-bond donors (Lipinski definition) is 1. The molecule has 2 aromatic rings. The van der Waals surface area contributed by atoms with Crippen LogP contribution < -0.4 is 5.32 Å². The Morgan fingerprint density at radius 3 is 2.65 bits per heavy atom. The first kappa shape index (κ1) is 14.5. The van der Waals surface area contributed by atoms with Crippen molar-refractivity contribution in [1.29, 1.82) is 0 Å². The number of hydrogen-bond acceptors (Lipinski definition) is 3. The van der Waals surface area contributed by atoms with E-state index >= 15 is 0 Å². The molecule has 1 aromatic carbocycles. The maximum absolute atomic E-state index is 12.4. The van der Waals surface area contributed by atoms with E-state index < -0.39 is 11.9 Å². The number of nitrogens with one attached hydrogen (secondary N) is 1. The number of anilines is 1. The van der Waals surface area contributed by atoms with Crippen LogP contribution in [0.25, 0.3) is 11.3 Å². The van der Waals surface area contributed by atoms with Crippen LogP contribution in [0, 0.1) is 0 Å². The lowest BCUT2D eigenvalue weighted by Gasteiger charge is -2.06. The van der Waals surface area contributed by atoms with Crippen molar-refractivity contribution in [1.82, 2.24) is 5.16 Å². The van der Waals surface area contributed by atoms with Gasteiger partial charge < -0.3 is 9.84 Å². The maximum atomic E-state index is 12.4. The first-order valence-electron chi connectivity index (χ1n) is 5.60. The van der Waals surface area contributed by atoms with Gasteiger partial charge in [0.15, 0.2) is 11.5 Å². The Hall–Kier alpha value is -1.95. The molecule has 20 heavy (non-hydrogen) atoms. The molecule has 0 spiro atoms. The molecule has 0 aliphatic rings. The molecule has 0 radical (unpaired) electrons. The highest BCUT2D eigenvalue weighted by molar-refractivity contribution is 6.33. The summed E-state index contributed by atoms with van der Waals surface area (Å²) in [4.78, 5) is 0. The Balaban J connectivity index is 2.29. The number of nitrogens with zero attached hydrogens (tertiary/aromatic N) is 1. The summed E-state index contributed by atoms with van der Waals surface area (Å²) in [5, 5.41) is 6.27. The molecule has 0 aliphatic carbocycles. The molecule has 1 N–H and O–H groups in total. The highest BCUT2D eigenvalue weighted by Crippen LogP contribution is 2.35. The first-order valence-corrected chi connectivity index (χ1v) is 5.98. The van der Waals surface area contributed by atoms with Gasteiger partial charge in [-0.15, -0.1) is 6.58 Å². The Kier molecular flexibility index (Phi) is 4.04. The predicted molar refractivity (Wildman–Crippen MR) is 70.6 cm³/mol. The summed E-state index contributed by atoms with van der Waals surface area (Å²) >= 11 is 6.03. The number of rotatable bonds is 4. The minimum atomic E-state index is -4.54. The van der Waals surface area contributed by atoms with Crippen molar-refractivity contribution in [2.24, 2.45) is 0 Å². The van der Waals surface area contributed by atoms with Crippen LogP contribution in [-0.2, 0) is 6.18 Å². The lowest BCUT2D eigenvalue weighted by Crippen LogP contribution is -2.04. The van der Waals surface area contributed by atoms with Crippen LogP contribution in [0.1, 0.15) is 5.69 Å². The van der Waals surface area contributed by atoms with E-state index in [9.17, 15) is 13.2 Å². The molecule has 7 heteroatoms. The number of benzene rings is 1. The van der Waals surface area contributed by atoms with Crippen molar-refractivity contribution in [3.05, 3.63) is 47.6 Å². The molecule has 1 aromatic heterocycles. The topological polar surface area (TPSA) is 38.1 Å². The summed E-state index contributed by atoms with van der Waals surface area (Å²) in [6.45, 7) is 4.12. The van der Waals surface area contributed by atoms with E-state index in [-0.39, 0.29) is 10.8 Å². The molecule has 0 bridgehead atoms. The molecule has 0 aliphatic heterocycles. The zero-order valence-corrected chi connectivity index (χ0v) is 10.9. The summed E-state index contributed by atoms with van der Waals surface area (Å²) in [6.07, 6.45) is -2.87. The van der Waals surface area contributed by atoms with Crippen molar-refractivity contribution in [2.45, 2.75) is 6.18 Å². The Bertz CT molecular complexity index is 622. The molecule has 0 saturated carbocycles. The van der Waals surface area contributed by atoms with Gasteiger partial charge in [0.2, 0.25) is 0 Å². The van der Waals surface area contributed by atoms with Crippen LogP contribution in [0.15, 0.2) is 41.4 Å². The van der Waals surface area contributed by atoms with Gasteiger partial charge in [0, 0.05) is 23.9 Å². The van der Waals surface area contributed by atoms with Crippen LogP contribution in [-0.4, -0.2) is 11.7 Å². The zero-order chi connectivity index (χ0) is 14.8. The predicted octanol–water partition coefficient (Wildman–Crippen LogP) is 4.61. The van der Waals surface area contributed by atoms with Crippen LogP contribution in [0.5, 0.6) is 0 Å². The molecular formula is C13H10ClF3N2O. The van der Waals surface area contributed by atoms with E-state index in [0.29, 0.717) is 12.1 Å². The summed E-state index contributed by atoms with van der Waals surface area (Å²) in [6, 6.07) is 5.66. The van der Waals surface area contributed by atoms with Crippen molar-refractivity contribution >= 4 is 17.3 Å². The fraction of sp³-hybridized carbons (Fsp3) is 0.154. The van der Waals surface area contributed by atoms with E-state index in [4.69, 9.17) is 11.6 Å². The molecule has 0 unspecified atom stereocenters. The first-order chi connectivity index (χ1) is 9.41. The quantitative estimate of drug-likeness (QED) is 0.838. The monoisotopic (exact) mass is 302 g/mol. The van der Waals surface area contributed by atoms with Gasteiger partial charge in [-0.2, -0.15) is 13.2 Å². The van der Waals surface area contributed by atoms with Crippen molar-refractivity contribution < 1.29 is 17.7 Å². The van der Waals surface area contributed by atoms with Gasteiger partial charge in [0.25, 0.3) is 0 Å². The van der Waals surface area contributed by atoms with E-state index in [1.807, 2.05) is 0 Å². The van der Waals surface area contributed by atoms with E-state index in [1.165, 1.54) is 0 Å². The zero-order valence-electron chi connectivity index (χ0n) is 10.2. The second-order valence-corrected chi connectivity index (χ2v) is 4.35. The third-order valence-electron chi connectivity index (χ3n) is 2.49. The van der Waals surface area contributed by atoms with Gasteiger partial charge in [-0.3, -0.25) is 0 Å². The number of aromatic nitrogens is 1. The maximum Gasteiger partial charge on any atom is 0.436 e. The van der Waals surface area contributed by atoms with E-state index in [2.05, 4.69) is 21.6 Å². The van der Waals surface area contributed by atoms with Gasteiger partial charge in [0.1, 0.15) is 0 Å². The third-order valence-corrected chi connectivity index (χ3v) is 2.80. The lowest BCUT2D eigenvalue weighted by atomic mass is 10.1. The molecule has 0 fully saturated rings. The average Bonchev–Trinajstić information content (AvgIpc) is 2.85. The van der Waals surface area contributed by atoms with Crippen LogP contribution in [0.3, 0.4) is 0 Å². The fourth-order valence-corrected chi connectivity index (χ4v) is 1.82. The van der Waals surface area contributed by atoms with Crippen LogP contribution in [0.4, 0.5) is 18.9 Å². The Labute approximate surface area is 118 Å². The largest absolute Gasteiger partial charge is 0.436 e. The molecule has 1 heterocycles.